The Morgan fingerprint density at radius 1 is 1.00 bits per heavy atom. The number of nitrogens with zero attached hydrogens (tertiary/aromatic N) is 1. The van der Waals surface area contributed by atoms with Crippen LogP contribution in [0.25, 0.3) is 0 Å². The second kappa shape index (κ2) is 4.92. The molecule has 1 aliphatic carbocycles. The Morgan fingerprint density at radius 3 is 2.64 bits per heavy atom. The molecule has 0 amide bonds. The Labute approximate surface area is 137 Å². The van der Waals surface area contributed by atoms with E-state index in [4.69, 9.17) is 11.6 Å². The van der Waals surface area contributed by atoms with Crippen molar-refractivity contribution in [2.75, 3.05) is 16.8 Å². The van der Waals surface area contributed by atoms with E-state index in [1.807, 2.05) is 0 Å². The highest BCUT2D eigenvalue weighted by Gasteiger charge is 2.32. The maximum absolute atomic E-state index is 6.41. The number of anilines is 3. The lowest BCUT2D eigenvalue weighted by atomic mass is 9.97. The molecule has 1 aliphatic heterocycles. The Hall–Kier alpha value is -1.67. The molecule has 1 N–H and O–H groups in total. The first-order valence-electron chi connectivity index (χ1n) is 8.00. The van der Waals surface area contributed by atoms with E-state index >= 15 is 0 Å². The van der Waals surface area contributed by atoms with E-state index in [0.717, 1.165) is 24.4 Å². The molecule has 0 bridgehead atoms. The number of hydrogen-bond acceptors (Lipinski definition) is 2. The summed E-state index contributed by atoms with van der Waals surface area (Å²) in [7, 11) is 0. The molecule has 1 heterocycles. The van der Waals surface area contributed by atoms with Crippen molar-refractivity contribution in [2.24, 2.45) is 0 Å². The zero-order valence-electron chi connectivity index (χ0n) is 13.1. The summed E-state index contributed by atoms with van der Waals surface area (Å²) in [6.45, 7) is 5.47. The van der Waals surface area contributed by atoms with E-state index < -0.39 is 0 Å². The van der Waals surface area contributed by atoms with Gasteiger partial charge in [-0.25, -0.2) is 0 Å². The average Bonchev–Trinajstić information content (AvgIpc) is 2.96. The van der Waals surface area contributed by atoms with Gasteiger partial charge in [-0.15, -0.1) is 0 Å². The van der Waals surface area contributed by atoms with Crippen LogP contribution in [0.3, 0.4) is 0 Å². The highest BCUT2D eigenvalue weighted by molar-refractivity contribution is 6.31. The third-order valence-corrected chi connectivity index (χ3v) is 5.07. The van der Waals surface area contributed by atoms with Crippen LogP contribution in [-0.4, -0.2) is 12.1 Å². The van der Waals surface area contributed by atoms with Crippen molar-refractivity contribution in [2.45, 2.75) is 38.6 Å². The third-order valence-electron chi connectivity index (χ3n) is 4.71. The molecule has 114 valence electrons. The zero-order chi connectivity index (χ0) is 15.3. The summed E-state index contributed by atoms with van der Waals surface area (Å²) >= 11 is 6.41. The molecule has 0 fully saturated rings. The van der Waals surface area contributed by atoms with Crippen LogP contribution in [0.5, 0.6) is 0 Å². The lowest BCUT2D eigenvalue weighted by Crippen LogP contribution is -2.46. The molecule has 2 aromatic rings. The van der Waals surface area contributed by atoms with Crippen LogP contribution in [0.2, 0.25) is 5.02 Å². The smallest absolute Gasteiger partial charge is 0.0647 e. The fourth-order valence-electron chi connectivity index (χ4n) is 3.81. The number of nitrogens with one attached hydrogen (secondary N) is 1. The van der Waals surface area contributed by atoms with Crippen molar-refractivity contribution in [3.05, 3.63) is 52.5 Å². The Morgan fingerprint density at radius 2 is 1.77 bits per heavy atom. The van der Waals surface area contributed by atoms with Gasteiger partial charge in [0.1, 0.15) is 0 Å². The maximum atomic E-state index is 6.41. The average molecular weight is 313 g/mol. The van der Waals surface area contributed by atoms with Crippen LogP contribution >= 0.6 is 11.6 Å². The zero-order valence-corrected chi connectivity index (χ0v) is 13.9. The van der Waals surface area contributed by atoms with E-state index in [2.05, 4.69) is 60.5 Å². The minimum atomic E-state index is 0.0411. The largest absolute Gasteiger partial charge is 0.377 e. The molecule has 3 heteroatoms. The fourth-order valence-corrected chi connectivity index (χ4v) is 4.08. The van der Waals surface area contributed by atoms with Gasteiger partial charge in [0.25, 0.3) is 0 Å². The molecule has 2 aliphatic rings. The molecule has 0 spiro atoms. The molecule has 0 saturated heterocycles. The Balaban J connectivity index is 1.88. The SMILES string of the molecule is CC1(C)CN(c2ccc(Cl)c3c2CCC3)c2ccccc2N1. The molecular formula is C19H21ClN2. The quantitative estimate of drug-likeness (QED) is 0.781. The molecule has 0 aromatic heterocycles. The predicted molar refractivity (Wildman–Crippen MR) is 94.6 cm³/mol. The van der Waals surface area contributed by atoms with Crippen LogP contribution in [0.1, 0.15) is 31.4 Å². The Bertz CT molecular complexity index is 736. The number of rotatable bonds is 1. The number of fused-ring (bicyclic) bond motifs is 2. The van der Waals surface area contributed by atoms with Gasteiger partial charge in [0.15, 0.2) is 0 Å². The number of benzene rings is 2. The second-order valence-corrected chi connectivity index (χ2v) is 7.40. The Kier molecular flexibility index (Phi) is 3.12. The third kappa shape index (κ3) is 2.17. The normalized spacial score (nSPS) is 18.6. The van der Waals surface area contributed by atoms with E-state index in [1.54, 1.807) is 0 Å². The summed E-state index contributed by atoms with van der Waals surface area (Å²) in [6, 6.07) is 12.8. The number of hydrogen-bond donors (Lipinski definition) is 1. The van der Waals surface area contributed by atoms with Crippen molar-refractivity contribution in [3.63, 3.8) is 0 Å². The van der Waals surface area contributed by atoms with Gasteiger partial charge >= 0.3 is 0 Å². The van der Waals surface area contributed by atoms with Gasteiger partial charge < -0.3 is 10.2 Å². The van der Waals surface area contributed by atoms with Crippen molar-refractivity contribution >= 4 is 28.7 Å². The van der Waals surface area contributed by atoms with Gasteiger partial charge in [-0.3, -0.25) is 0 Å². The van der Waals surface area contributed by atoms with Gasteiger partial charge in [-0.2, -0.15) is 0 Å². The number of halogens is 1. The van der Waals surface area contributed by atoms with Gasteiger partial charge in [0, 0.05) is 22.8 Å². The highest BCUT2D eigenvalue weighted by Crippen LogP contribution is 2.43. The summed E-state index contributed by atoms with van der Waals surface area (Å²) in [4.78, 5) is 2.46. The monoisotopic (exact) mass is 312 g/mol. The lowest BCUT2D eigenvalue weighted by molar-refractivity contribution is 0.559. The van der Waals surface area contributed by atoms with Crippen LogP contribution in [-0.2, 0) is 12.8 Å². The molecular weight excluding hydrogens is 292 g/mol. The molecule has 0 saturated carbocycles. The fraction of sp³-hybridized carbons (Fsp3) is 0.368. The molecule has 0 radical (unpaired) electrons. The van der Waals surface area contributed by atoms with Gasteiger partial charge in [-0.05, 0) is 68.5 Å². The summed E-state index contributed by atoms with van der Waals surface area (Å²) in [6.07, 6.45) is 3.46. The molecule has 22 heavy (non-hydrogen) atoms. The van der Waals surface area contributed by atoms with Gasteiger partial charge in [0.2, 0.25) is 0 Å². The summed E-state index contributed by atoms with van der Waals surface area (Å²) < 4.78 is 0. The first-order chi connectivity index (χ1) is 10.6. The molecule has 2 aromatic carbocycles. The molecule has 2 nitrogen and oxygen atoms in total. The molecule has 4 rings (SSSR count). The van der Waals surface area contributed by atoms with E-state index in [0.29, 0.717) is 0 Å². The van der Waals surface area contributed by atoms with Crippen molar-refractivity contribution in [1.29, 1.82) is 0 Å². The first kappa shape index (κ1) is 14.0. The molecule has 0 unspecified atom stereocenters. The standard InChI is InChI=1S/C19H21ClN2/c1-19(2)12-22(18-9-4-3-8-16(18)21-19)17-11-10-15(20)13-6-5-7-14(13)17/h3-4,8-11,21H,5-7,12H2,1-2H3. The van der Waals surface area contributed by atoms with E-state index in [9.17, 15) is 0 Å². The van der Waals surface area contributed by atoms with E-state index in [1.165, 1.54) is 34.6 Å². The minimum Gasteiger partial charge on any atom is -0.377 e. The van der Waals surface area contributed by atoms with Crippen molar-refractivity contribution in [3.8, 4) is 0 Å². The highest BCUT2D eigenvalue weighted by atomic mass is 35.5. The topological polar surface area (TPSA) is 15.3 Å². The van der Waals surface area contributed by atoms with Gasteiger partial charge in [-0.1, -0.05) is 23.7 Å². The summed E-state index contributed by atoms with van der Waals surface area (Å²) in [5.41, 5.74) is 6.64. The maximum Gasteiger partial charge on any atom is 0.0647 e. The van der Waals surface area contributed by atoms with Crippen molar-refractivity contribution < 1.29 is 0 Å². The predicted octanol–water partition coefficient (Wildman–Crippen LogP) is 5.17. The summed E-state index contributed by atoms with van der Waals surface area (Å²) in [5, 5.41) is 4.58. The van der Waals surface area contributed by atoms with Crippen LogP contribution in [0, 0.1) is 0 Å². The second-order valence-electron chi connectivity index (χ2n) is 6.99. The molecule has 0 atom stereocenters. The lowest BCUT2D eigenvalue weighted by Gasteiger charge is -2.42. The number of para-hydroxylation sites is 2. The first-order valence-corrected chi connectivity index (χ1v) is 8.38. The van der Waals surface area contributed by atoms with Crippen LogP contribution < -0.4 is 10.2 Å². The van der Waals surface area contributed by atoms with Crippen molar-refractivity contribution in [1.82, 2.24) is 0 Å². The van der Waals surface area contributed by atoms with Gasteiger partial charge in [0.05, 0.1) is 11.4 Å². The van der Waals surface area contributed by atoms with Crippen LogP contribution in [0.15, 0.2) is 36.4 Å². The van der Waals surface area contributed by atoms with E-state index in [-0.39, 0.29) is 5.54 Å². The minimum absolute atomic E-state index is 0.0411. The summed E-state index contributed by atoms with van der Waals surface area (Å²) in [5.74, 6) is 0. The van der Waals surface area contributed by atoms with Crippen LogP contribution in [0.4, 0.5) is 17.1 Å².